The fraction of sp³-hybridized carbons (Fsp3) is 0.0769. The molecule has 5 heteroatoms. The van der Waals surface area contributed by atoms with Gasteiger partial charge in [0.25, 0.3) is 0 Å². The second-order valence-corrected chi connectivity index (χ2v) is 3.91. The van der Waals surface area contributed by atoms with Crippen molar-refractivity contribution in [2.45, 2.75) is 0 Å². The molecule has 5 nitrogen and oxygen atoms in total. The van der Waals surface area contributed by atoms with Gasteiger partial charge in [-0.15, -0.1) is 0 Å². The Balaban J connectivity index is 2.10. The Bertz CT molecular complexity index is 698. The number of nitrogens with one attached hydrogen (secondary N) is 1. The first-order valence-electron chi connectivity index (χ1n) is 5.44. The van der Waals surface area contributed by atoms with Crippen LogP contribution in [0.3, 0.4) is 0 Å². The highest BCUT2D eigenvalue weighted by molar-refractivity contribution is 5.99. The lowest BCUT2D eigenvalue weighted by Gasteiger charge is -1.96. The Morgan fingerprint density at radius 1 is 1.39 bits per heavy atom. The zero-order chi connectivity index (χ0) is 12.5. The number of aliphatic hydroxyl groups excluding tert-OH is 1. The molecule has 0 atom stereocenters. The van der Waals surface area contributed by atoms with Crippen LogP contribution >= 0.6 is 0 Å². The predicted octanol–water partition coefficient (Wildman–Crippen LogP) is 2.00. The molecule has 0 saturated carbocycles. The summed E-state index contributed by atoms with van der Waals surface area (Å²) in [5, 5.41) is 8.83. The Morgan fingerprint density at radius 3 is 3.00 bits per heavy atom. The molecule has 90 valence electrons. The molecule has 0 aliphatic heterocycles. The molecular formula is C13H10N2O3. The third kappa shape index (κ3) is 1.70. The number of hydrogen-bond donors (Lipinski definition) is 2. The summed E-state index contributed by atoms with van der Waals surface area (Å²) < 4.78 is 5.00. The molecule has 0 aliphatic rings. The Kier molecular flexibility index (Phi) is 2.46. The van der Waals surface area contributed by atoms with Gasteiger partial charge in [-0.1, -0.05) is 0 Å². The summed E-state index contributed by atoms with van der Waals surface area (Å²) in [5.74, 6) is 0.378. The standard InChI is InChI=1S/C13H10N2O3/c16-6-12(17)8-1-2-10-11(5-8)15-13(14-10)9-3-4-18-7-9/h1-5,7,16H,6H2,(H,14,15). The van der Waals surface area contributed by atoms with Crippen molar-refractivity contribution >= 4 is 16.8 Å². The van der Waals surface area contributed by atoms with Crippen molar-refractivity contribution < 1.29 is 14.3 Å². The number of carbonyl (C=O) groups excluding carboxylic acids is 1. The minimum Gasteiger partial charge on any atom is -0.472 e. The van der Waals surface area contributed by atoms with Gasteiger partial charge in [0, 0.05) is 5.56 Å². The van der Waals surface area contributed by atoms with E-state index in [1.54, 1.807) is 36.8 Å². The molecule has 0 radical (unpaired) electrons. The van der Waals surface area contributed by atoms with Gasteiger partial charge in [0.15, 0.2) is 5.78 Å². The number of carbonyl (C=O) groups is 1. The smallest absolute Gasteiger partial charge is 0.188 e. The number of aliphatic hydroxyl groups is 1. The van der Waals surface area contributed by atoms with Crippen LogP contribution in [-0.2, 0) is 0 Å². The number of hydrogen-bond acceptors (Lipinski definition) is 4. The summed E-state index contributed by atoms with van der Waals surface area (Å²) in [5.41, 5.74) is 2.83. The third-order valence-corrected chi connectivity index (χ3v) is 2.74. The average Bonchev–Trinajstić information content (AvgIpc) is 3.04. The zero-order valence-corrected chi connectivity index (χ0v) is 9.38. The van der Waals surface area contributed by atoms with Gasteiger partial charge in [0.05, 0.1) is 22.9 Å². The average molecular weight is 242 g/mol. The highest BCUT2D eigenvalue weighted by Gasteiger charge is 2.09. The molecule has 18 heavy (non-hydrogen) atoms. The van der Waals surface area contributed by atoms with Crippen molar-refractivity contribution in [3.63, 3.8) is 0 Å². The van der Waals surface area contributed by atoms with Gasteiger partial charge in [-0.2, -0.15) is 0 Å². The van der Waals surface area contributed by atoms with Crippen LogP contribution < -0.4 is 0 Å². The van der Waals surface area contributed by atoms with Gasteiger partial charge >= 0.3 is 0 Å². The highest BCUT2D eigenvalue weighted by Crippen LogP contribution is 2.21. The van der Waals surface area contributed by atoms with Crippen LogP contribution in [0.15, 0.2) is 41.2 Å². The van der Waals surface area contributed by atoms with Gasteiger partial charge in [-0.3, -0.25) is 4.79 Å². The number of rotatable bonds is 3. The molecule has 0 spiro atoms. The maximum absolute atomic E-state index is 11.4. The molecule has 0 fully saturated rings. The molecule has 3 rings (SSSR count). The Hall–Kier alpha value is -2.40. The largest absolute Gasteiger partial charge is 0.472 e. The number of ketones is 1. The highest BCUT2D eigenvalue weighted by atomic mass is 16.3. The van der Waals surface area contributed by atoms with Crippen molar-refractivity contribution in [2.24, 2.45) is 0 Å². The summed E-state index contributed by atoms with van der Waals surface area (Å²) in [4.78, 5) is 18.9. The normalized spacial score (nSPS) is 10.9. The van der Waals surface area contributed by atoms with E-state index in [9.17, 15) is 4.79 Å². The molecule has 1 aromatic carbocycles. The minimum absolute atomic E-state index is 0.309. The lowest BCUT2D eigenvalue weighted by atomic mass is 10.1. The predicted molar refractivity (Wildman–Crippen MR) is 65.2 cm³/mol. The SMILES string of the molecule is O=C(CO)c1ccc2nc(-c3ccoc3)[nH]c2c1. The molecule has 0 amide bonds. The molecular weight excluding hydrogens is 232 g/mol. The van der Waals surface area contributed by atoms with E-state index in [0.29, 0.717) is 11.4 Å². The van der Waals surface area contributed by atoms with Crippen LogP contribution in [0.25, 0.3) is 22.4 Å². The number of benzene rings is 1. The lowest BCUT2D eigenvalue weighted by molar-refractivity contribution is 0.0904. The molecule has 0 aliphatic carbocycles. The molecule has 2 N–H and O–H groups in total. The monoisotopic (exact) mass is 242 g/mol. The number of H-pyrrole nitrogens is 1. The summed E-state index contributed by atoms with van der Waals surface area (Å²) >= 11 is 0. The molecule has 0 saturated heterocycles. The molecule has 0 unspecified atom stereocenters. The van der Waals surface area contributed by atoms with E-state index in [4.69, 9.17) is 9.52 Å². The van der Waals surface area contributed by atoms with Gasteiger partial charge in [0.2, 0.25) is 0 Å². The summed E-state index contributed by atoms with van der Waals surface area (Å²) in [6.07, 6.45) is 3.17. The second-order valence-electron chi connectivity index (χ2n) is 3.91. The van der Waals surface area contributed by atoms with Crippen LogP contribution in [0, 0.1) is 0 Å². The van der Waals surface area contributed by atoms with Crippen molar-refractivity contribution in [3.8, 4) is 11.4 Å². The zero-order valence-electron chi connectivity index (χ0n) is 9.38. The van der Waals surface area contributed by atoms with E-state index >= 15 is 0 Å². The lowest BCUT2D eigenvalue weighted by Crippen LogP contribution is -2.03. The van der Waals surface area contributed by atoms with Gasteiger partial charge in [0.1, 0.15) is 18.7 Å². The first kappa shape index (κ1) is 10.7. The van der Waals surface area contributed by atoms with E-state index in [2.05, 4.69) is 9.97 Å². The third-order valence-electron chi connectivity index (χ3n) is 2.74. The number of Topliss-reactive ketones (excluding diaryl/α,β-unsaturated/α-hetero) is 1. The van der Waals surface area contributed by atoms with E-state index in [1.165, 1.54) is 0 Å². The second kappa shape index (κ2) is 4.12. The Morgan fingerprint density at radius 2 is 2.28 bits per heavy atom. The minimum atomic E-state index is -0.492. The number of furan rings is 1. The number of fused-ring (bicyclic) bond motifs is 1. The number of aromatic nitrogens is 2. The van der Waals surface area contributed by atoms with E-state index < -0.39 is 6.61 Å². The van der Waals surface area contributed by atoms with Gasteiger partial charge < -0.3 is 14.5 Å². The topological polar surface area (TPSA) is 79.1 Å². The number of nitrogens with zero attached hydrogens (tertiary/aromatic N) is 1. The quantitative estimate of drug-likeness (QED) is 0.688. The molecule has 3 aromatic rings. The first-order chi connectivity index (χ1) is 8.78. The molecule has 2 heterocycles. The van der Waals surface area contributed by atoms with E-state index in [1.807, 2.05) is 0 Å². The maximum Gasteiger partial charge on any atom is 0.188 e. The Labute approximate surface area is 102 Å². The van der Waals surface area contributed by atoms with Gasteiger partial charge in [-0.05, 0) is 24.3 Å². The molecule has 0 bridgehead atoms. The van der Waals surface area contributed by atoms with Crippen LogP contribution in [0.1, 0.15) is 10.4 Å². The van der Waals surface area contributed by atoms with Crippen molar-refractivity contribution in [2.75, 3.05) is 6.61 Å². The van der Waals surface area contributed by atoms with Crippen molar-refractivity contribution in [1.29, 1.82) is 0 Å². The van der Waals surface area contributed by atoms with Crippen LogP contribution in [0.2, 0.25) is 0 Å². The van der Waals surface area contributed by atoms with Crippen LogP contribution in [0.5, 0.6) is 0 Å². The summed E-state index contributed by atoms with van der Waals surface area (Å²) in [7, 11) is 0. The fourth-order valence-corrected chi connectivity index (χ4v) is 1.81. The number of aromatic amines is 1. The summed E-state index contributed by atoms with van der Waals surface area (Å²) in [6, 6.07) is 6.89. The van der Waals surface area contributed by atoms with E-state index in [0.717, 1.165) is 16.6 Å². The summed E-state index contributed by atoms with van der Waals surface area (Å²) in [6.45, 7) is -0.492. The molecule has 2 aromatic heterocycles. The van der Waals surface area contributed by atoms with Gasteiger partial charge in [-0.25, -0.2) is 4.98 Å². The van der Waals surface area contributed by atoms with Crippen LogP contribution in [-0.4, -0.2) is 27.5 Å². The van der Waals surface area contributed by atoms with Crippen molar-refractivity contribution in [3.05, 3.63) is 42.4 Å². The maximum atomic E-state index is 11.4. The first-order valence-corrected chi connectivity index (χ1v) is 5.44. The van der Waals surface area contributed by atoms with Crippen molar-refractivity contribution in [1.82, 2.24) is 9.97 Å². The van der Waals surface area contributed by atoms with E-state index in [-0.39, 0.29) is 5.78 Å². The number of imidazole rings is 1. The fourth-order valence-electron chi connectivity index (χ4n) is 1.81. The van der Waals surface area contributed by atoms with Crippen LogP contribution in [0.4, 0.5) is 0 Å².